The average molecular weight is 356 g/mol. The van der Waals surface area contributed by atoms with Crippen LogP contribution in [0.1, 0.15) is 32.4 Å². The Labute approximate surface area is 142 Å². The molecule has 0 aliphatic heterocycles. The van der Waals surface area contributed by atoms with E-state index < -0.39 is 6.36 Å². The molecule has 1 aromatic heterocycles. The van der Waals surface area contributed by atoms with Gasteiger partial charge in [-0.1, -0.05) is 20.8 Å². The third-order valence-electron chi connectivity index (χ3n) is 3.04. The number of alkyl halides is 3. The molecule has 0 aliphatic rings. The highest BCUT2D eigenvalue weighted by Crippen LogP contribution is 2.24. The molecule has 0 aliphatic carbocycles. The van der Waals surface area contributed by atoms with E-state index in [1.165, 1.54) is 24.3 Å². The van der Waals surface area contributed by atoms with E-state index in [2.05, 4.69) is 20.0 Å². The van der Waals surface area contributed by atoms with Gasteiger partial charge in [-0.3, -0.25) is 0 Å². The first-order chi connectivity index (χ1) is 11.5. The molecule has 2 aromatic rings. The van der Waals surface area contributed by atoms with Gasteiger partial charge >= 0.3 is 6.36 Å². The normalized spacial score (nSPS) is 13.0. The average Bonchev–Trinajstić information content (AvgIpc) is 2.95. The van der Waals surface area contributed by atoms with Crippen molar-refractivity contribution in [1.29, 1.82) is 0 Å². The highest BCUT2D eigenvalue weighted by molar-refractivity contribution is 5.92. The summed E-state index contributed by atoms with van der Waals surface area (Å²) in [6.45, 7) is 6.15. The molecule has 0 bridgehead atoms. The van der Waals surface area contributed by atoms with Crippen LogP contribution in [-0.2, 0) is 12.0 Å². The number of hydrogen-bond acceptors (Lipinski definition) is 4. The fourth-order valence-corrected chi connectivity index (χ4v) is 1.81. The highest BCUT2D eigenvalue weighted by atomic mass is 19.4. The summed E-state index contributed by atoms with van der Waals surface area (Å²) in [7, 11) is 0. The summed E-state index contributed by atoms with van der Waals surface area (Å²) in [4.78, 5) is 8.21. The molecule has 1 heterocycles. The third kappa shape index (κ3) is 6.02. The van der Waals surface area contributed by atoms with Gasteiger partial charge in [0.2, 0.25) is 5.89 Å². The summed E-state index contributed by atoms with van der Waals surface area (Å²) in [5.74, 6) is 0.927. The second-order valence-electron chi connectivity index (χ2n) is 6.27. The van der Waals surface area contributed by atoms with Crippen molar-refractivity contribution < 1.29 is 22.3 Å². The predicted octanol–water partition coefficient (Wildman–Crippen LogP) is 3.80. The second-order valence-corrected chi connectivity index (χ2v) is 6.27. The number of nitrogens with zero attached hydrogens (tertiary/aromatic N) is 2. The number of halogens is 3. The van der Waals surface area contributed by atoms with Crippen LogP contribution in [0.4, 0.5) is 18.9 Å². The fraction of sp³-hybridized carbons (Fsp3) is 0.375. The molecule has 0 saturated heterocycles. The number of benzene rings is 1. The Balaban J connectivity index is 1.94. The van der Waals surface area contributed by atoms with E-state index in [0.29, 0.717) is 11.6 Å². The van der Waals surface area contributed by atoms with Crippen LogP contribution in [0.5, 0.6) is 5.75 Å². The summed E-state index contributed by atoms with van der Waals surface area (Å²) in [5, 5.41) is 2.76. The number of aliphatic imine (C=N–C) groups is 1. The maximum Gasteiger partial charge on any atom is 0.573 e. The minimum Gasteiger partial charge on any atom is -0.443 e. The van der Waals surface area contributed by atoms with Crippen LogP contribution in [-0.4, -0.2) is 17.3 Å². The lowest BCUT2D eigenvalue weighted by Crippen LogP contribution is -2.22. The third-order valence-corrected chi connectivity index (χ3v) is 3.04. The molecule has 9 heteroatoms. The molecule has 0 atom stereocenters. The summed E-state index contributed by atoms with van der Waals surface area (Å²) in [6, 6.07) is 5.14. The van der Waals surface area contributed by atoms with E-state index in [0.717, 1.165) is 5.76 Å². The molecule has 0 unspecified atom stereocenters. The maximum absolute atomic E-state index is 12.1. The molecule has 1 aromatic carbocycles. The van der Waals surface area contributed by atoms with Crippen molar-refractivity contribution in [2.24, 2.45) is 10.7 Å². The monoisotopic (exact) mass is 356 g/mol. The minimum atomic E-state index is -4.72. The standard InChI is InChI=1S/C16H19F3N4O2/c1-15(2,3)12-8-21-13(24-12)9-22-14(20)23-10-4-6-11(7-5-10)25-16(17,18)19/h4-8H,9H2,1-3H3,(H3,20,22,23). The Hall–Kier alpha value is -2.71. The molecule has 6 nitrogen and oxygen atoms in total. The van der Waals surface area contributed by atoms with Crippen molar-refractivity contribution in [1.82, 2.24) is 4.98 Å². The summed E-state index contributed by atoms with van der Waals surface area (Å²) >= 11 is 0. The molecule has 3 N–H and O–H groups in total. The Bertz CT molecular complexity index is 731. The van der Waals surface area contributed by atoms with Crippen LogP contribution in [0.15, 0.2) is 39.9 Å². The Morgan fingerprint density at radius 3 is 2.40 bits per heavy atom. The lowest BCUT2D eigenvalue weighted by atomic mass is 9.94. The number of anilines is 1. The number of nitrogens with two attached hydrogens (primary N) is 1. The van der Waals surface area contributed by atoms with Crippen molar-refractivity contribution in [3.05, 3.63) is 42.1 Å². The van der Waals surface area contributed by atoms with Crippen molar-refractivity contribution in [2.75, 3.05) is 5.32 Å². The van der Waals surface area contributed by atoms with E-state index in [-0.39, 0.29) is 23.7 Å². The fourth-order valence-electron chi connectivity index (χ4n) is 1.81. The zero-order valence-electron chi connectivity index (χ0n) is 14.0. The van der Waals surface area contributed by atoms with E-state index >= 15 is 0 Å². The molecule has 0 saturated carbocycles. The van der Waals surface area contributed by atoms with Crippen LogP contribution >= 0.6 is 0 Å². The lowest BCUT2D eigenvalue weighted by Gasteiger charge is -2.12. The van der Waals surface area contributed by atoms with E-state index in [9.17, 15) is 13.2 Å². The van der Waals surface area contributed by atoms with Gasteiger partial charge in [0.1, 0.15) is 18.1 Å². The Morgan fingerprint density at radius 1 is 1.24 bits per heavy atom. The van der Waals surface area contributed by atoms with E-state index in [1.54, 1.807) is 6.20 Å². The highest BCUT2D eigenvalue weighted by Gasteiger charge is 2.30. The first-order valence-electron chi connectivity index (χ1n) is 7.41. The van der Waals surface area contributed by atoms with E-state index in [4.69, 9.17) is 10.2 Å². The minimum absolute atomic E-state index is 0.0833. The summed E-state index contributed by atoms with van der Waals surface area (Å²) in [5.41, 5.74) is 6.06. The van der Waals surface area contributed by atoms with Gasteiger partial charge in [-0.2, -0.15) is 0 Å². The second kappa shape index (κ2) is 7.04. The number of aromatic nitrogens is 1. The number of guanidine groups is 1. The van der Waals surface area contributed by atoms with Crippen LogP contribution in [0.25, 0.3) is 0 Å². The van der Waals surface area contributed by atoms with Crippen molar-refractivity contribution in [3.8, 4) is 5.75 Å². The lowest BCUT2D eigenvalue weighted by molar-refractivity contribution is -0.274. The van der Waals surface area contributed by atoms with E-state index in [1.807, 2.05) is 20.8 Å². The summed E-state index contributed by atoms with van der Waals surface area (Å²) < 4.78 is 45.7. The first-order valence-corrected chi connectivity index (χ1v) is 7.41. The van der Waals surface area contributed by atoms with Gasteiger partial charge in [-0.05, 0) is 24.3 Å². The Morgan fingerprint density at radius 2 is 1.88 bits per heavy atom. The van der Waals surface area contributed by atoms with Gasteiger partial charge in [0.15, 0.2) is 5.96 Å². The van der Waals surface area contributed by atoms with Crippen LogP contribution < -0.4 is 15.8 Å². The predicted molar refractivity (Wildman–Crippen MR) is 87.3 cm³/mol. The van der Waals surface area contributed by atoms with Crippen molar-refractivity contribution >= 4 is 11.6 Å². The molecule has 0 amide bonds. The first kappa shape index (κ1) is 18.6. The SMILES string of the molecule is CC(C)(C)c1cnc(CN=C(N)Nc2ccc(OC(F)(F)F)cc2)o1. The largest absolute Gasteiger partial charge is 0.573 e. The van der Waals surface area contributed by atoms with Crippen LogP contribution in [0.2, 0.25) is 0 Å². The smallest absolute Gasteiger partial charge is 0.443 e. The maximum atomic E-state index is 12.1. The molecular formula is C16H19F3N4O2. The number of hydrogen-bond donors (Lipinski definition) is 2. The van der Waals surface area contributed by atoms with Gasteiger partial charge in [0, 0.05) is 11.1 Å². The summed E-state index contributed by atoms with van der Waals surface area (Å²) in [6.07, 6.45) is -3.08. The molecule has 136 valence electrons. The number of nitrogens with one attached hydrogen (secondary N) is 1. The number of rotatable bonds is 4. The zero-order chi connectivity index (χ0) is 18.7. The van der Waals surface area contributed by atoms with Gasteiger partial charge in [-0.15, -0.1) is 13.2 Å². The van der Waals surface area contributed by atoms with Crippen molar-refractivity contribution in [3.63, 3.8) is 0 Å². The topological polar surface area (TPSA) is 85.7 Å². The molecule has 2 rings (SSSR count). The van der Waals surface area contributed by atoms with Gasteiger partial charge in [-0.25, -0.2) is 9.98 Å². The van der Waals surface area contributed by atoms with Crippen LogP contribution in [0, 0.1) is 0 Å². The van der Waals surface area contributed by atoms with Crippen molar-refractivity contribution in [2.45, 2.75) is 39.1 Å². The number of oxazole rings is 1. The molecule has 0 radical (unpaired) electrons. The Kier molecular flexibility index (Phi) is 5.24. The van der Waals surface area contributed by atoms with Gasteiger partial charge in [0.05, 0.1) is 6.20 Å². The van der Waals surface area contributed by atoms with Crippen LogP contribution in [0.3, 0.4) is 0 Å². The molecular weight excluding hydrogens is 337 g/mol. The molecule has 25 heavy (non-hydrogen) atoms. The molecule has 0 spiro atoms. The van der Waals surface area contributed by atoms with Gasteiger partial charge < -0.3 is 20.2 Å². The molecule has 0 fully saturated rings. The number of ether oxygens (including phenoxy) is 1. The quantitative estimate of drug-likeness (QED) is 0.643. The van der Waals surface area contributed by atoms with Gasteiger partial charge in [0.25, 0.3) is 0 Å². The zero-order valence-corrected chi connectivity index (χ0v) is 14.0.